The van der Waals surface area contributed by atoms with Gasteiger partial charge in [0.15, 0.2) is 0 Å². The Balaban J connectivity index is 1.84. The number of aromatic nitrogens is 5. The lowest BCUT2D eigenvalue weighted by Gasteiger charge is -2.16. The summed E-state index contributed by atoms with van der Waals surface area (Å²) >= 11 is 5.74. The highest BCUT2D eigenvalue weighted by Crippen LogP contribution is 2.37. The van der Waals surface area contributed by atoms with E-state index in [0.29, 0.717) is 11.2 Å². The first-order valence-corrected chi connectivity index (χ1v) is 9.01. The molecule has 2 aromatic carbocycles. The molecule has 0 aliphatic carbocycles. The Labute approximate surface area is 171 Å². The van der Waals surface area contributed by atoms with Gasteiger partial charge in [-0.25, -0.2) is 9.48 Å². The molecule has 4 aromatic rings. The molecule has 0 saturated carbocycles. The van der Waals surface area contributed by atoms with E-state index < -0.39 is 34.6 Å². The maximum atomic E-state index is 13.4. The fraction of sp³-hybridized carbons (Fsp3) is 0.158. The second-order valence-electron chi connectivity index (χ2n) is 6.55. The molecule has 0 N–H and O–H groups in total. The van der Waals surface area contributed by atoms with Crippen LogP contribution in [0.5, 0.6) is 0 Å². The first-order valence-electron chi connectivity index (χ1n) is 8.64. The van der Waals surface area contributed by atoms with Crippen LogP contribution in [0.1, 0.15) is 11.1 Å². The van der Waals surface area contributed by atoms with Gasteiger partial charge in [0.25, 0.3) is 5.56 Å². The fourth-order valence-corrected chi connectivity index (χ4v) is 3.53. The molecule has 2 aromatic heterocycles. The van der Waals surface area contributed by atoms with Crippen LogP contribution in [0, 0.1) is 0 Å². The third kappa shape index (κ3) is 3.39. The van der Waals surface area contributed by atoms with Crippen LogP contribution >= 0.6 is 11.6 Å². The Morgan fingerprint density at radius 1 is 1.10 bits per heavy atom. The van der Waals surface area contributed by atoms with Crippen molar-refractivity contribution in [2.75, 3.05) is 0 Å². The van der Waals surface area contributed by atoms with Crippen LogP contribution in [0.25, 0.3) is 16.7 Å². The zero-order chi connectivity index (χ0) is 21.6. The molecule has 7 nitrogen and oxygen atoms in total. The standard InChI is InChI=1S/C19H13ClF3N5O2/c1-26-15-6-5-12(9-14(15)24-25-26)27-8-7-16(29)28(18(27)30)10-11-3-2-4-13(20)17(11)19(21,22)23/h2-9H,10H2,1H3. The van der Waals surface area contributed by atoms with Crippen LogP contribution in [0.2, 0.25) is 5.02 Å². The summed E-state index contributed by atoms with van der Waals surface area (Å²) < 4.78 is 43.8. The average Bonchev–Trinajstić information content (AvgIpc) is 3.04. The maximum absolute atomic E-state index is 13.4. The summed E-state index contributed by atoms with van der Waals surface area (Å²) in [5.74, 6) is 0. The molecule has 2 heterocycles. The van der Waals surface area contributed by atoms with E-state index in [1.165, 1.54) is 18.3 Å². The van der Waals surface area contributed by atoms with E-state index in [9.17, 15) is 22.8 Å². The minimum Gasteiger partial charge on any atom is -0.269 e. The lowest BCUT2D eigenvalue weighted by molar-refractivity contribution is -0.138. The van der Waals surface area contributed by atoms with E-state index in [-0.39, 0.29) is 5.56 Å². The third-order valence-electron chi connectivity index (χ3n) is 4.65. The predicted molar refractivity (Wildman–Crippen MR) is 104 cm³/mol. The minimum atomic E-state index is -4.73. The van der Waals surface area contributed by atoms with Crippen molar-refractivity contribution in [2.24, 2.45) is 7.05 Å². The molecule has 30 heavy (non-hydrogen) atoms. The van der Waals surface area contributed by atoms with Crippen LogP contribution in [-0.4, -0.2) is 24.1 Å². The Bertz CT molecular complexity index is 1390. The summed E-state index contributed by atoms with van der Waals surface area (Å²) in [5.41, 5.74) is -1.24. The zero-order valence-corrected chi connectivity index (χ0v) is 16.1. The number of aryl methyl sites for hydroxylation is 1. The molecule has 0 bridgehead atoms. The number of nitrogens with zero attached hydrogens (tertiary/aromatic N) is 5. The van der Waals surface area contributed by atoms with Gasteiger partial charge in [0.1, 0.15) is 5.52 Å². The molecule has 0 fully saturated rings. The average molecular weight is 436 g/mol. The molecule has 0 radical (unpaired) electrons. The Morgan fingerprint density at radius 2 is 1.87 bits per heavy atom. The molecular weight excluding hydrogens is 423 g/mol. The summed E-state index contributed by atoms with van der Waals surface area (Å²) in [7, 11) is 1.71. The van der Waals surface area contributed by atoms with Gasteiger partial charge in [-0.2, -0.15) is 13.2 Å². The molecule has 0 atom stereocenters. The molecule has 0 amide bonds. The number of rotatable bonds is 3. The molecule has 0 aliphatic rings. The van der Waals surface area contributed by atoms with Crippen LogP contribution in [0.15, 0.2) is 58.3 Å². The van der Waals surface area contributed by atoms with Crippen molar-refractivity contribution < 1.29 is 13.2 Å². The van der Waals surface area contributed by atoms with E-state index in [4.69, 9.17) is 11.6 Å². The van der Waals surface area contributed by atoms with Crippen molar-refractivity contribution in [3.05, 3.63) is 85.6 Å². The monoisotopic (exact) mass is 435 g/mol. The molecule has 11 heteroatoms. The summed E-state index contributed by atoms with van der Waals surface area (Å²) in [5, 5.41) is 7.36. The molecular formula is C19H13ClF3N5O2. The van der Waals surface area contributed by atoms with E-state index in [1.807, 2.05) is 0 Å². The van der Waals surface area contributed by atoms with Gasteiger partial charge in [-0.1, -0.05) is 28.9 Å². The van der Waals surface area contributed by atoms with Crippen molar-refractivity contribution >= 4 is 22.6 Å². The topological polar surface area (TPSA) is 74.7 Å². The first kappa shape index (κ1) is 19.9. The summed E-state index contributed by atoms with van der Waals surface area (Å²) in [6.07, 6.45) is -3.47. The van der Waals surface area contributed by atoms with Gasteiger partial charge in [0, 0.05) is 19.3 Å². The second-order valence-corrected chi connectivity index (χ2v) is 6.96. The lowest BCUT2D eigenvalue weighted by Crippen LogP contribution is -2.39. The summed E-state index contributed by atoms with van der Waals surface area (Å²) in [6.45, 7) is -0.582. The van der Waals surface area contributed by atoms with Gasteiger partial charge >= 0.3 is 11.9 Å². The van der Waals surface area contributed by atoms with Crippen molar-refractivity contribution in [1.82, 2.24) is 24.1 Å². The van der Waals surface area contributed by atoms with E-state index in [0.717, 1.165) is 26.8 Å². The Kier molecular flexibility index (Phi) is 4.73. The zero-order valence-electron chi connectivity index (χ0n) is 15.4. The Hall–Kier alpha value is -3.40. The number of halogens is 4. The smallest absolute Gasteiger partial charge is 0.269 e. The van der Waals surface area contributed by atoms with Crippen LogP contribution in [-0.2, 0) is 19.8 Å². The highest BCUT2D eigenvalue weighted by Gasteiger charge is 2.36. The second kappa shape index (κ2) is 7.13. The van der Waals surface area contributed by atoms with Crippen LogP contribution < -0.4 is 11.2 Å². The third-order valence-corrected chi connectivity index (χ3v) is 4.97. The quantitative estimate of drug-likeness (QED) is 0.496. The van der Waals surface area contributed by atoms with Crippen LogP contribution in [0.4, 0.5) is 13.2 Å². The highest BCUT2D eigenvalue weighted by atomic mass is 35.5. The van der Waals surface area contributed by atoms with Gasteiger partial charge in [-0.05, 0) is 29.8 Å². The first-order chi connectivity index (χ1) is 14.2. The van der Waals surface area contributed by atoms with Crippen molar-refractivity contribution in [2.45, 2.75) is 12.7 Å². The minimum absolute atomic E-state index is 0.281. The number of benzene rings is 2. The highest BCUT2D eigenvalue weighted by molar-refractivity contribution is 6.31. The summed E-state index contributed by atoms with van der Waals surface area (Å²) in [6, 6.07) is 9.66. The summed E-state index contributed by atoms with van der Waals surface area (Å²) in [4.78, 5) is 25.3. The fourth-order valence-electron chi connectivity index (χ4n) is 3.23. The normalized spacial score (nSPS) is 11.9. The Morgan fingerprint density at radius 3 is 2.60 bits per heavy atom. The molecule has 0 unspecified atom stereocenters. The molecule has 0 saturated heterocycles. The lowest BCUT2D eigenvalue weighted by atomic mass is 10.1. The van der Waals surface area contributed by atoms with E-state index >= 15 is 0 Å². The van der Waals surface area contributed by atoms with Gasteiger partial charge < -0.3 is 0 Å². The van der Waals surface area contributed by atoms with Gasteiger partial charge in [-0.15, -0.1) is 5.10 Å². The largest absolute Gasteiger partial charge is 0.418 e. The van der Waals surface area contributed by atoms with E-state index in [2.05, 4.69) is 10.3 Å². The maximum Gasteiger partial charge on any atom is 0.418 e. The molecule has 4 rings (SSSR count). The van der Waals surface area contributed by atoms with Gasteiger partial charge in [0.2, 0.25) is 0 Å². The van der Waals surface area contributed by atoms with Crippen LogP contribution in [0.3, 0.4) is 0 Å². The van der Waals surface area contributed by atoms with Crippen molar-refractivity contribution in [1.29, 1.82) is 0 Å². The van der Waals surface area contributed by atoms with Gasteiger partial charge in [0.05, 0.1) is 28.3 Å². The number of fused-ring (bicyclic) bond motifs is 1. The molecule has 154 valence electrons. The molecule has 0 spiro atoms. The number of hydrogen-bond donors (Lipinski definition) is 0. The van der Waals surface area contributed by atoms with Crippen molar-refractivity contribution in [3.63, 3.8) is 0 Å². The van der Waals surface area contributed by atoms with Crippen molar-refractivity contribution in [3.8, 4) is 5.69 Å². The molecule has 0 aliphatic heterocycles. The van der Waals surface area contributed by atoms with E-state index in [1.54, 1.807) is 29.9 Å². The SMILES string of the molecule is Cn1nnc2cc(-n3ccc(=O)n(Cc4cccc(Cl)c4C(F)(F)F)c3=O)ccc21. The predicted octanol–water partition coefficient (Wildman–Crippen LogP) is 3.00. The van der Waals surface area contributed by atoms with Gasteiger partial charge in [-0.3, -0.25) is 13.9 Å². The number of hydrogen-bond acceptors (Lipinski definition) is 4. The number of alkyl halides is 3.